The van der Waals surface area contributed by atoms with Crippen LogP contribution in [0.15, 0.2) is 48.5 Å². The van der Waals surface area contributed by atoms with Gasteiger partial charge in [-0.1, -0.05) is 18.2 Å². The number of carboxylic acid groups (broad SMARTS) is 1. The molecule has 9 heteroatoms. The number of tetrazole rings is 1. The van der Waals surface area contributed by atoms with Gasteiger partial charge in [-0.3, -0.25) is 0 Å². The van der Waals surface area contributed by atoms with Crippen LogP contribution in [0.1, 0.15) is 21.7 Å². The summed E-state index contributed by atoms with van der Waals surface area (Å²) in [5, 5.41) is 19.6. The highest BCUT2D eigenvalue weighted by molar-refractivity contribution is 5.83. The lowest BCUT2D eigenvalue weighted by atomic mass is 10.1. The van der Waals surface area contributed by atoms with Crippen LogP contribution in [0.3, 0.4) is 0 Å². The Hall–Kier alpha value is -3.88. The Kier molecular flexibility index (Phi) is 6.41. The molecule has 0 saturated heterocycles. The van der Waals surface area contributed by atoms with Gasteiger partial charge in [0.1, 0.15) is 23.9 Å². The van der Waals surface area contributed by atoms with Crippen molar-refractivity contribution in [3.05, 3.63) is 65.5 Å². The SMILES string of the molecule is COc1ccc(OC)c(/C=C/COc2ccc(Cn3nnnc3C(=O)O)cc2)c1. The first-order valence-electron chi connectivity index (χ1n) is 8.70. The summed E-state index contributed by atoms with van der Waals surface area (Å²) in [6.07, 6.45) is 3.78. The number of hydrogen-bond acceptors (Lipinski definition) is 7. The van der Waals surface area contributed by atoms with E-state index in [2.05, 4.69) is 15.5 Å². The zero-order valence-electron chi connectivity index (χ0n) is 16.0. The lowest BCUT2D eigenvalue weighted by Gasteiger charge is -2.08. The van der Waals surface area contributed by atoms with E-state index < -0.39 is 5.97 Å². The van der Waals surface area contributed by atoms with Gasteiger partial charge in [0.2, 0.25) is 0 Å². The molecule has 3 aromatic rings. The summed E-state index contributed by atoms with van der Waals surface area (Å²) in [7, 11) is 3.23. The quantitative estimate of drug-likeness (QED) is 0.588. The second-order valence-corrected chi connectivity index (χ2v) is 5.93. The Bertz CT molecular complexity index is 998. The van der Waals surface area contributed by atoms with Crippen LogP contribution in [0.2, 0.25) is 0 Å². The maximum absolute atomic E-state index is 11.0. The fourth-order valence-corrected chi connectivity index (χ4v) is 2.62. The van der Waals surface area contributed by atoms with Gasteiger partial charge < -0.3 is 19.3 Å². The van der Waals surface area contributed by atoms with E-state index in [1.807, 2.05) is 42.5 Å². The van der Waals surface area contributed by atoms with E-state index in [1.54, 1.807) is 26.4 Å². The van der Waals surface area contributed by atoms with Crippen LogP contribution in [0.25, 0.3) is 6.08 Å². The van der Waals surface area contributed by atoms with Crippen molar-refractivity contribution in [3.63, 3.8) is 0 Å². The molecule has 0 saturated carbocycles. The van der Waals surface area contributed by atoms with Crippen LogP contribution >= 0.6 is 0 Å². The van der Waals surface area contributed by atoms with Crippen LogP contribution in [0.4, 0.5) is 0 Å². The molecule has 0 aliphatic rings. The number of rotatable bonds is 9. The van der Waals surface area contributed by atoms with E-state index in [0.717, 1.165) is 22.6 Å². The van der Waals surface area contributed by atoms with Crippen molar-refractivity contribution in [2.45, 2.75) is 6.54 Å². The summed E-state index contributed by atoms with van der Waals surface area (Å²) >= 11 is 0. The third kappa shape index (κ3) is 5.10. The molecule has 0 amide bonds. The molecule has 150 valence electrons. The summed E-state index contributed by atoms with van der Waals surface area (Å²) in [5.41, 5.74) is 1.74. The first kappa shape index (κ1) is 19.9. The fourth-order valence-electron chi connectivity index (χ4n) is 2.62. The van der Waals surface area contributed by atoms with E-state index in [0.29, 0.717) is 12.4 Å². The minimum absolute atomic E-state index is 0.205. The number of aromatic carboxylic acids is 1. The molecule has 2 aromatic carbocycles. The van der Waals surface area contributed by atoms with Gasteiger partial charge in [0.05, 0.1) is 20.8 Å². The Morgan fingerprint density at radius 3 is 2.55 bits per heavy atom. The maximum atomic E-state index is 11.0. The van der Waals surface area contributed by atoms with Gasteiger partial charge in [0, 0.05) is 5.56 Å². The van der Waals surface area contributed by atoms with Gasteiger partial charge in [0.15, 0.2) is 0 Å². The van der Waals surface area contributed by atoms with Gasteiger partial charge in [-0.2, -0.15) is 0 Å². The van der Waals surface area contributed by atoms with E-state index in [-0.39, 0.29) is 12.4 Å². The van der Waals surface area contributed by atoms with E-state index in [4.69, 9.17) is 19.3 Å². The molecule has 3 rings (SSSR count). The maximum Gasteiger partial charge on any atom is 0.375 e. The van der Waals surface area contributed by atoms with Gasteiger partial charge in [-0.05, 0) is 52.4 Å². The topological polar surface area (TPSA) is 109 Å². The molecule has 0 atom stereocenters. The van der Waals surface area contributed by atoms with Crippen LogP contribution in [0, 0.1) is 0 Å². The number of methoxy groups -OCH3 is 2. The van der Waals surface area contributed by atoms with Crippen LogP contribution in [-0.2, 0) is 6.54 Å². The monoisotopic (exact) mass is 396 g/mol. The largest absolute Gasteiger partial charge is 0.497 e. The Balaban J connectivity index is 1.57. The molecular weight excluding hydrogens is 376 g/mol. The molecule has 1 N–H and O–H groups in total. The lowest BCUT2D eigenvalue weighted by molar-refractivity contribution is 0.0677. The Labute approximate surface area is 167 Å². The van der Waals surface area contributed by atoms with Gasteiger partial charge in [-0.15, -0.1) is 5.10 Å². The van der Waals surface area contributed by atoms with E-state index in [9.17, 15) is 4.79 Å². The number of carbonyl (C=O) groups is 1. The zero-order chi connectivity index (χ0) is 20.6. The molecular formula is C20H20N4O5. The highest BCUT2D eigenvalue weighted by atomic mass is 16.5. The highest BCUT2D eigenvalue weighted by Gasteiger charge is 2.13. The molecule has 0 fully saturated rings. The summed E-state index contributed by atoms with van der Waals surface area (Å²) in [6.45, 7) is 0.625. The predicted octanol–water partition coefficient (Wildman–Crippen LogP) is 2.53. The molecule has 29 heavy (non-hydrogen) atoms. The number of benzene rings is 2. The molecule has 0 radical (unpaired) electrons. The second-order valence-electron chi connectivity index (χ2n) is 5.93. The number of hydrogen-bond donors (Lipinski definition) is 1. The second kappa shape index (κ2) is 9.36. The van der Waals surface area contributed by atoms with Crippen LogP contribution < -0.4 is 14.2 Å². The van der Waals surface area contributed by atoms with Gasteiger partial charge in [-0.25, -0.2) is 9.48 Å². The highest BCUT2D eigenvalue weighted by Crippen LogP contribution is 2.25. The van der Waals surface area contributed by atoms with Crippen molar-refractivity contribution in [2.75, 3.05) is 20.8 Å². The summed E-state index contributed by atoms with van der Waals surface area (Å²) in [6, 6.07) is 12.8. The first-order valence-corrected chi connectivity index (χ1v) is 8.70. The minimum atomic E-state index is -1.17. The third-order valence-electron chi connectivity index (χ3n) is 4.06. The average Bonchev–Trinajstić information content (AvgIpc) is 3.20. The van der Waals surface area contributed by atoms with Crippen LogP contribution in [0.5, 0.6) is 17.2 Å². The van der Waals surface area contributed by atoms with Gasteiger partial charge >= 0.3 is 5.97 Å². The van der Waals surface area contributed by atoms with Gasteiger partial charge in [0.25, 0.3) is 5.82 Å². The predicted molar refractivity (Wildman–Crippen MR) is 104 cm³/mol. The Morgan fingerprint density at radius 1 is 1.10 bits per heavy atom. The first-order chi connectivity index (χ1) is 14.1. The summed E-state index contributed by atoms with van der Waals surface area (Å²) in [5.74, 6) is 0.800. The molecule has 0 spiro atoms. The zero-order valence-corrected chi connectivity index (χ0v) is 16.0. The number of ether oxygens (including phenoxy) is 3. The number of carboxylic acids is 1. The van der Waals surface area contributed by atoms with Crippen molar-refractivity contribution in [1.29, 1.82) is 0 Å². The lowest BCUT2D eigenvalue weighted by Crippen LogP contribution is -2.12. The molecule has 0 aliphatic heterocycles. The summed E-state index contributed by atoms with van der Waals surface area (Å²) in [4.78, 5) is 11.0. The third-order valence-corrected chi connectivity index (χ3v) is 4.06. The molecule has 9 nitrogen and oxygen atoms in total. The normalized spacial score (nSPS) is 10.8. The Morgan fingerprint density at radius 2 is 1.86 bits per heavy atom. The minimum Gasteiger partial charge on any atom is -0.497 e. The van der Waals surface area contributed by atoms with E-state index >= 15 is 0 Å². The van der Waals surface area contributed by atoms with Crippen molar-refractivity contribution >= 4 is 12.0 Å². The molecule has 0 unspecified atom stereocenters. The van der Waals surface area contributed by atoms with Crippen molar-refractivity contribution in [1.82, 2.24) is 20.2 Å². The van der Waals surface area contributed by atoms with Crippen LogP contribution in [-0.4, -0.2) is 52.1 Å². The molecule has 0 bridgehead atoms. The number of nitrogens with zero attached hydrogens (tertiary/aromatic N) is 4. The molecule has 1 aromatic heterocycles. The van der Waals surface area contributed by atoms with Crippen molar-refractivity contribution in [2.24, 2.45) is 0 Å². The summed E-state index contributed by atoms with van der Waals surface area (Å²) < 4.78 is 17.5. The smallest absolute Gasteiger partial charge is 0.375 e. The van der Waals surface area contributed by atoms with E-state index in [1.165, 1.54) is 4.68 Å². The standard InChI is InChI=1S/C20H20N4O5/c1-27-17-9-10-18(28-2)15(12-17)4-3-11-29-16-7-5-14(6-8-16)13-24-19(20(25)26)21-22-23-24/h3-10,12H,11,13H2,1-2H3,(H,25,26)/b4-3+. The average molecular weight is 396 g/mol. The van der Waals surface area contributed by atoms with Crippen molar-refractivity contribution in [3.8, 4) is 17.2 Å². The fraction of sp³-hybridized carbons (Fsp3) is 0.200. The number of aromatic nitrogens is 4. The molecule has 0 aliphatic carbocycles. The molecule has 1 heterocycles. The van der Waals surface area contributed by atoms with Crippen molar-refractivity contribution < 1.29 is 24.1 Å².